The number of benzene rings is 2. The number of nitrogens with zero attached hydrogens (tertiary/aromatic N) is 3. The summed E-state index contributed by atoms with van der Waals surface area (Å²) in [7, 11) is 0. The number of non-ortho nitro benzene ring substituents is 1. The maximum atomic E-state index is 11.6. The minimum absolute atomic E-state index is 0.00354. The van der Waals surface area contributed by atoms with Crippen LogP contribution < -0.4 is 4.90 Å². The van der Waals surface area contributed by atoms with Crippen molar-refractivity contribution in [3.63, 3.8) is 0 Å². The number of nitro groups is 1. The van der Waals surface area contributed by atoms with Crippen LogP contribution in [0.1, 0.15) is 30.4 Å². The number of β-amino-alcohol motifs (C(OH)–C–C–N with tert-alkyl or cyclic N) is 1. The third kappa shape index (κ3) is 2.57. The summed E-state index contributed by atoms with van der Waals surface area (Å²) in [5.74, 6) is 1.10. The molecule has 2 aliphatic heterocycles. The molecule has 0 unspecified atom stereocenters. The van der Waals surface area contributed by atoms with Crippen molar-refractivity contribution in [1.82, 2.24) is 0 Å². The molecule has 0 amide bonds. The van der Waals surface area contributed by atoms with Crippen LogP contribution in [-0.2, 0) is 5.72 Å². The zero-order chi connectivity index (χ0) is 18.3. The zero-order valence-electron chi connectivity index (χ0n) is 14.8. The molecule has 0 bridgehead atoms. The maximum Gasteiger partial charge on any atom is 0.271 e. The van der Waals surface area contributed by atoms with Gasteiger partial charge in [0.25, 0.3) is 17.2 Å². The summed E-state index contributed by atoms with van der Waals surface area (Å²) < 4.78 is 2.03. The summed E-state index contributed by atoms with van der Waals surface area (Å²) in [6.07, 6.45) is 2.98. The van der Waals surface area contributed by atoms with Crippen LogP contribution in [0, 0.1) is 17.0 Å². The first-order valence-electron chi connectivity index (χ1n) is 8.95. The molecule has 0 fully saturated rings. The lowest BCUT2D eigenvalue weighted by Gasteiger charge is -2.24. The van der Waals surface area contributed by atoms with Crippen LogP contribution in [0.25, 0.3) is 0 Å². The van der Waals surface area contributed by atoms with Crippen molar-refractivity contribution in [3.05, 3.63) is 69.8 Å². The molecule has 6 nitrogen and oxygen atoms in total. The van der Waals surface area contributed by atoms with Crippen LogP contribution in [0.4, 0.5) is 11.4 Å². The molecule has 134 valence electrons. The van der Waals surface area contributed by atoms with Gasteiger partial charge in [0.1, 0.15) is 5.69 Å². The van der Waals surface area contributed by atoms with Crippen molar-refractivity contribution in [2.75, 3.05) is 18.0 Å². The van der Waals surface area contributed by atoms with Crippen molar-refractivity contribution in [3.8, 4) is 0 Å². The Morgan fingerprint density at radius 3 is 2.77 bits per heavy atom. The summed E-state index contributed by atoms with van der Waals surface area (Å²) in [4.78, 5) is 12.9. The van der Waals surface area contributed by atoms with Crippen molar-refractivity contribution in [1.29, 1.82) is 0 Å². The molecule has 26 heavy (non-hydrogen) atoms. The second kappa shape index (κ2) is 6.21. The number of hydrogen-bond acceptors (Lipinski definition) is 4. The van der Waals surface area contributed by atoms with Gasteiger partial charge >= 0.3 is 0 Å². The molecular weight excluding hydrogens is 330 g/mol. The summed E-state index contributed by atoms with van der Waals surface area (Å²) in [6.45, 7) is 3.18. The van der Waals surface area contributed by atoms with Crippen LogP contribution in [0.5, 0.6) is 0 Å². The van der Waals surface area contributed by atoms with E-state index in [-0.39, 0.29) is 5.69 Å². The average Bonchev–Trinajstić information content (AvgIpc) is 2.97. The molecule has 0 radical (unpaired) electrons. The lowest BCUT2D eigenvalue weighted by molar-refractivity contribution is -0.661. The fraction of sp³-hybridized carbons (Fsp3) is 0.350. The number of nitro benzene ring substituents is 1. The number of aryl methyl sites for hydroxylation is 1. The minimum atomic E-state index is -1.26. The Balaban J connectivity index is 1.83. The second-order valence-electron chi connectivity index (χ2n) is 7.02. The quantitative estimate of drug-likeness (QED) is 0.523. The van der Waals surface area contributed by atoms with Crippen molar-refractivity contribution < 1.29 is 14.6 Å². The molecular formula is C20H22N3O3+. The van der Waals surface area contributed by atoms with Crippen LogP contribution >= 0.6 is 0 Å². The van der Waals surface area contributed by atoms with Crippen molar-refractivity contribution in [2.24, 2.45) is 0 Å². The molecule has 1 N–H and O–H groups in total. The van der Waals surface area contributed by atoms with Gasteiger partial charge in [-0.05, 0) is 31.4 Å². The highest BCUT2D eigenvalue weighted by Crippen LogP contribution is 2.37. The van der Waals surface area contributed by atoms with Crippen molar-refractivity contribution in [2.45, 2.75) is 31.9 Å². The lowest BCUT2D eigenvalue weighted by atomic mass is 10.0. The van der Waals surface area contributed by atoms with Gasteiger partial charge in [-0.1, -0.05) is 30.3 Å². The summed E-state index contributed by atoms with van der Waals surface area (Å²) in [6, 6.07) is 14.5. The average molecular weight is 352 g/mol. The van der Waals surface area contributed by atoms with E-state index in [1.165, 1.54) is 12.1 Å². The molecule has 0 spiro atoms. The molecule has 4 rings (SSSR count). The fourth-order valence-corrected chi connectivity index (χ4v) is 4.10. The molecule has 1 atom stereocenters. The normalized spacial score (nSPS) is 22.5. The SMILES string of the molecule is Cc1ccccc1N1C[C@](O)(c2cccc([N+](=O)[O-])c2)[N+]2=C1CCCC2. The van der Waals surface area contributed by atoms with E-state index >= 15 is 0 Å². The van der Waals surface area contributed by atoms with Crippen LogP contribution in [-0.4, -0.2) is 33.5 Å². The van der Waals surface area contributed by atoms with Crippen LogP contribution in [0.15, 0.2) is 48.5 Å². The number of para-hydroxylation sites is 1. The molecule has 0 saturated heterocycles. The second-order valence-corrected chi connectivity index (χ2v) is 7.02. The van der Waals surface area contributed by atoms with Gasteiger partial charge in [0.15, 0.2) is 6.54 Å². The highest BCUT2D eigenvalue weighted by molar-refractivity contribution is 5.96. The Morgan fingerprint density at radius 1 is 1.19 bits per heavy atom. The lowest BCUT2D eigenvalue weighted by Crippen LogP contribution is -2.41. The van der Waals surface area contributed by atoms with Crippen LogP contribution in [0.3, 0.4) is 0 Å². The van der Waals surface area contributed by atoms with E-state index in [9.17, 15) is 15.2 Å². The number of aliphatic hydroxyl groups is 1. The van der Waals surface area contributed by atoms with E-state index in [4.69, 9.17) is 0 Å². The highest BCUT2D eigenvalue weighted by atomic mass is 16.6. The summed E-state index contributed by atoms with van der Waals surface area (Å²) >= 11 is 0. The van der Waals surface area contributed by atoms with E-state index in [2.05, 4.69) is 24.0 Å². The van der Waals surface area contributed by atoms with Gasteiger partial charge in [0.2, 0.25) is 0 Å². The Kier molecular flexibility index (Phi) is 4.00. The number of rotatable bonds is 3. The van der Waals surface area contributed by atoms with Crippen LogP contribution in [0.2, 0.25) is 0 Å². The van der Waals surface area contributed by atoms with Gasteiger partial charge in [0, 0.05) is 24.1 Å². The maximum absolute atomic E-state index is 11.6. The molecule has 6 heteroatoms. The van der Waals surface area contributed by atoms with Gasteiger partial charge < -0.3 is 5.11 Å². The van der Waals surface area contributed by atoms with Gasteiger partial charge in [-0.15, -0.1) is 0 Å². The number of amidine groups is 1. The Labute approximate surface area is 152 Å². The molecule has 2 aromatic rings. The third-order valence-electron chi connectivity index (χ3n) is 5.41. The van der Waals surface area contributed by atoms with Gasteiger partial charge in [-0.25, -0.2) is 9.48 Å². The molecule has 2 aromatic carbocycles. The number of hydrogen-bond donors (Lipinski definition) is 1. The Bertz CT molecular complexity index is 909. The van der Waals surface area contributed by atoms with Gasteiger partial charge in [0.05, 0.1) is 11.5 Å². The standard InChI is InChI=1S/C20H22N3O3/c1-15-7-2-3-10-18(15)21-14-20(24,22-12-5-4-11-19(21)22)16-8-6-9-17(13-16)23(25)26/h2-3,6-10,13,24H,4-5,11-12,14H2,1H3/q+1/t20-/m0/s1. The Morgan fingerprint density at radius 2 is 2.00 bits per heavy atom. The largest absolute Gasteiger partial charge is 0.346 e. The smallest absolute Gasteiger partial charge is 0.271 e. The summed E-state index contributed by atoms with van der Waals surface area (Å²) in [5.41, 5.74) is 1.54. The predicted octanol–water partition coefficient (Wildman–Crippen LogP) is 3.16. The van der Waals surface area contributed by atoms with E-state index in [1.54, 1.807) is 12.1 Å². The highest BCUT2D eigenvalue weighted by Gasteiger charge is 2.53. The molecule has 2 heterocycles. The third-order valence-corrected chi connectivity index (χ3v) is 5.41. The Hall–Kier alpha value is -2.73. The molecule has 0 saturated carbocycles. The monoisotopic (exact) mass is 352 g/mol. The van der Waals surface area contributed by atoms with Crippen molar-refractivity contribution >= 4 is 17.2 Å². The van der Waals surface area contributed by atoms with E-state index in [0.29, 0.717) is 12.1 Å². The summed E-state index contributed by atoms with van der Waals surface area (Å²) in [5, 5.41) is 22.8. The first-order chi connectivity index (χ1) is 12.5. The first-order valence-corrected chi connectivity index (χ1v) is 8.95. The first kappa shape index (κ1) is 16.7. The zero-order valence-corrected chi connectivity index (χ0v) is 14.8. The molecule has 0 aromatic heterocycles. The number of anilines is 1. The van der Waals surface area contributed by atoms with E-state index in [1.807, 2.05) is 16.7 Å². The van der Waals surface area contributed by atoms with E-state index < -0.39 is 10.6 Å². The van der Waals surface area contributed by atoms with E-state index in [0.717, 1.165) is 42.9 Å². The topological polar surface area (TPSA) is 69.6 Å². The predicted molar refractivity (Wildman–Crippen MR) is 99.5 cm³/mol. The van der Waals surface area contributed by atoms with Gasteiger partial charge in [-0.3, -0.25) is 10.1 Å². The van der Waals surface area contributed by atoms with Gasteiger partial charge in [-0.2, -0.15) is 0 Å². The molecule has 2 aliphatic rings. The fourth-order valence-electron chi connectivity index (χ4n) is 4.10. The minimum Gasteiger partial charge on any atom is -0.346 e. The molecule has 0 aliphatic carbocycles.